The van der Waals surface area contributed by atoms with Crippen molar-refractivity contribution in [2.45, 2.75) is 51.1 Å². The zero-order chi connectivity index (χ0) is 16.3. The molecule has 0 radical (unpaired) electrons. The van der Waals surface area contributed by atoms with Crippen LogP contribution in [-0.4, -0.2) is 28.4 Å². The first-order valence-corrected chi connectivity index (χ1v) is 8.73. The van der Waals surface area contributed by atoms with Gasteiger partial charge in [-0.05, 0) is 57.0 Å². The van der Waals surface area contributed by atoms with Crippen LogP contribution in [0.2, 0.25) is 0 Å². The molecule has 0 aromatic heterocycles. The van der Waals surface area contributed by atoms with E-state index in [0.29, 0.717) is 11.7 Å². The lowest BCUT2D eigenvalue weighted by atomic mass is 10.0. The molecule has 1 saturated heterocycles. The molecule has 5 nitrogen and oxygen atoms in total. The predicted octanol–water partition coefficient (Wildman–Crippen LogP) is 3.81. The van der Waals surface area contributed by atoms with E-state index in [1.54, 1.807) is 4.90 Å². The van der Waals surface area contributed by atoms with Crippen LogP contribution in [0.3, 0.4) is 0 Å². The summed E-state index contributed by atoms with van der Waals surface area (Å²) in [5, 5.41) is 2.31. The molecule has 1 aromatic rings. The van der Waals surface area contributed by atoms with E-state index in [1.807, 2.05) is 42.3 Å². The number of anilines is 1. The van der Waals surface area contributed by atoms with Gasteiger partial charge >= 0.3 is 6.09 Å². The largest absolute Gasteiger partial charge is 0.449 e. The Kier molecular flexibility index (Phi) is 4.82. The highest BCUT2D eigenvalue weighted by molar-refractivity contribution is 7.80. The van der Waals surface area contributed by atoms with Gasteiger partial charge in [-0.15, -0.1) is 0 Å². The molecule has 6 heteroatoms. The van der Waals surface area contributed by atoms with Crippen LogP contribution in [0.4, 0.5) is 10.5 Å². The molecular weight excluding hydrogens is 310 g/mol. The maximum Gasteiger partial charge on any atom is 0.417 e. The fourth-order valence-electron chi connectivity index (χ4n) is 3.43. The topological polar surface area (TPSA) is 44.8 Å². The van der Waals surface area contributed by atoms with Gasteiger partial charge in [0.2, 0.25) is 5.11 Å². The first kappa shape index (κ1) is 16.2. The third kappa shape index (κ3) is 3.05. The number of rotatable bonds is 2. The monoisotopic (exact) mass is 333 g/mol. The van der Waals surface area contributed by atoms with Crippen molar-refractivity contribution in [1.29, 1.82) is 0 Å². The summed E-state index contributed by atoms with van der Waals surface area (Å²) >= 11 is 5.62. The lowest BCUT2D eigenvalue weighted by molar-refractivity contribution is 0.0820. The molecule has 1 amide bonds. The third-order valence-electron chi connectivity index (χ3n) is 4.53. The fourth-order valence-corrected chi connectivity index (χ4v) is 3.83. The average molecular weight is 333 g/mol. The molecule has 0 atom stereocenters. The van der Waals surface area contributed by atoms with Gasteiger partial charge in [0.05, 0.1) is 12.3 Å². The highest BCUT2D eigenvalue weighted by Crippen LogP contribution is 2.37. The van der Waals surface area contributed by atoms with Crippen LogP contribution in [0.1, 0.15) is 45.4 Å². The van der Waals surface area contributed by atoms with E-state index < -0.39 is 5.66 Å². The minimum Gasteiger partial charge on any atom is -0.449 e. The molecule has 0 bridgehead atoms. The van der Waals surface area contributed by atoms with Gasteiger partial charge in [0, 0.05) is 0 Å². The van der Waals surface area contributed by atoms with Crippen LogP contribution < -0.4 is 10.4 Å². The van der Waals surface area contributed by atoms with Crippen molar-refractivity contribution < 1.29 is 9.53 Å². The Morgan fingerprint density at radius 3 is 2.48 bits per heavy atom. The quantitative estimate of drug-likeness (QED) is 0.834. The number of carbonyl (C=O) groups excluding carboxylic acids is 1. The van der Waals surface area contributed by atoms with Gasteiger partial charge in [-0.25, -0.2) is 20.1 Å². The minimum atomic E-state index is -0.463. The summed E-state index contributed by atoms with van der Waals surface area (Å²) in [5.41, 5.74) is 3.99. The number of carbonyl (C=O) groups is 1. The number of hydrazine groups is 1. The minimum absolute atomic E-state index is 0.347. The molecule has 1 aliphatic heterocycles. The van der Waals surface area contributed by atoms with Gasteiger partial charge in [-0.3, -0.25) is 0 Å². The van der Waals surface area contributed by atoms with Gasteiger partial charge in [0.15, 0.2) is 0 Å². The summed E-state index contributed by atoms with van der Waals surface area (Å²) in [5.74, 6) is 0. The lowest BCUT2D eigenvalue weighted by Gasteiger charge is -2.34. The van der Waals surface area contributed by atoms with Crippen molar-refractivity contribution in [2.75, 3.05) is 11.6 Å². The van der Waals surface area contributed by atoms with Crippen molar-refractivity contribution in [2.24, 2.45) is 0 Å². The fraction of sp³-hybridized carbons (Fsp3) is 0.529. The Morgan fingerprint density at radius 1 is 1.22 bits per heavy atom. The highest BCUT2D eigenvalue weighted by atomic mass is 32.1. The smallest absolute Gasteiger partial charge is 0.417 e. The molecule has 1 heterocycles. The summed E-state index contributed by atoms with van der Waals surface area (Å²) in [4.78, 5) is 14.2. The number of thiocarbonyl (C=S) groups is 1. The molecule has 2 aliphatic rings. The Morgan fingerprint density at radius 2 is 1.87 bits per heavy atom. The zero-order valence-electron chi connectivity index (χ0n) is 13.5. The van der Waals surface area contributed by atoms with Crippen molar-refractivity contribution in [3.05, 3.63) is 30.3 Å². The van der Waals surface area contributed by atoms with E-state index in [9.17, 15) is 4.79 Å². The Bertz CT molecular complexity index is 570. The van der Waals surface area contributed by atoms with Crippen molar-refractivity contribution in [3.63, 3.8) is 0 Å². The molecule has 2 fully saturated rings. The standard InChI is InChI=1S/C17H23N3O2S/c1-2-22-16(21)19-15(23)20(14-10-6-5-7-11-14)18-17(19)12-8-3-4-9-13-17/h5-7,10-11,18H,2-4,8-9,12-13H2,1H3. The number of hydrogen-bond donors (Lipinski definition) is 1. The summed E-state index contributed by atoms with van der Waals surface area (Å²) in [6, 6.07) is 9.86. The van der Waals surface area contributed by atoms with Crippen molar-refractivity contribution >= 4 is 29.1 Å². The van der Waals surface area contributed by atoms with Crippen LogP contribution >= 0.6 is 12.2 Å². The van der Waals surface area contributed by atoms with E-state index in [0.717, 1.165) is 31.4 Å². The van der Waals surface area contributed by atoms with Crippen LogP contribution in [-0.2, 0) is 4.74 Å². The highest BCUT2D eigenvalue weighted by Gasteiger charge is 2.51. The predicted molar refractivity (Wildman–Crippen MR) is 93.9 cm³/mol. The van der Waals surface area contributed by atoms with Gasteiger partial charge in [-0.2, -0.15) is 0 Å². The molecule has 1 aromatic carbocycles. The van der Waals surface area contributed by atoms with E-state index >= 15 is 0 Å². The lowest BCUT2D eigenvalue weighted by Crippen LogP contribution is -2.55. The first-order valence-electron chi connectivity index (χ1n) is 8.32. The summed E-state index contributed by atoms with van der Waals surface area (Å²) in [6.45, 7) is 2.17. The van der Waals surface area contributed by atoms with Crippen LogP contribution in [0.15, 0.2) is 30.3 Å². The Labute approximate surface area is 142 Å². The first-order chi connectivity index (χ1) is 11.2. The van der Waals surface area contributed by atoms with Gasteiger partial charge in [-0.1, -0.05) is 31.0 Å². The van der Waals surface area contributed by atoms with Crippen LogP contribution in [0.25, 0.3) is 0 Å². The molecule has 124 valence electrons. The molecular formula is C17H23N3O2S. The van der Waals surface area contributed by atoms with Crippen LogP contribution in [0, 0.1) is 0 Å². The molecule has 3 rings (SSSR count). The number of nitrogens with zero attached hydrogens (tertiary/aromatic N) is 2. The molecule has 1 aliphatic carbocycles. The Hall–Kier alpha value is -1.66. The maximum atomic E-state index is 12.6. The molecule has 1 saturated carbocycles. The summed E-state index contributed by atoms with van der Waals surface area (Å²) in [6.07, 6.45) is 5.95. The molecule has 1 spiro atoms. The number of nitrogens with one attached hydrogen (secondary N) is 1. The second-order valence-electron chi connectivity index (χ2n) is 6.05. The van der Waals surface area contributed by atoms with E-state index in [-0.39, 0.29) is 6.09 Å². The number of amides is 1. The van der Waals surface area contributed by atoms with E-state index in [1.165, 1.54) is 12.8 Å². The number of hydrogen-bond acceptors (Lipinski definition) is 4. The van der Waals surface area contributed by atoms with Crippen LogP contribution in [0.5, 0.6) is 0 Å². The second-order valence-corrected chi connectivity index (χ2v) is 6.41. The number of ether oxygens (including phenoxy) is 1. The van der Waals surface area contributed by atoms with Crippen molar-refractivity contribution in [1.82, 2.24) is 10.3 Å². The summed E-state index contributed by atoms with van der Waals surface area (Å²) < 4.78 is 5.28. The second kappa shape index (κ2) is 6.84. The van der Waals surface area contributed by atoms with E-state index in [2.05, 4.69) is 5.43 Å². The maximum absolute atomic E-state index is 12.6. The SMILES string of the molecule is CCOC(=O)N1C(=S)N(c2ccccc2)NC12CCCCCC2. The van der Waals surface area contributed by atoms with E-state index in [4.69, 9.17) is 17.0 Å². The third-order valence-corrected chi connectivity index (χ3v) is 4.89. The van der Waals surface area contributed by atoms with Crippen molar-refractivity contribution in [3.8, 4) is 0 Å². The van der Waals surface area contributed by atoms with Gasteiger partial charge in [0.25, 0.3) is 0 Å². The average Bonchev–Trinajstić information content (AvgIpc) is 2.70. The normalized spacial score (nSPS) is 20.7. The Balaban J connectivity index is 1.95. The number of para-hydroxylation sites is 1. The van der Waals surface area contributed by atoms with Gasteiger partial charge in [0.1, 0.15) is 5.66 Å². The molecule has 23 heavy (non-hydrogen) atoms. The molecule has 0 unspecified atom stereocenters. The van der Waals surface area contributed by atoms with Gasteiger partial charge < -0.3 is 4.74 Å². The molecule has 1 N–H and O–H groups in total. The summed E-state index contributed by atoms with van der Waals surface area (Å²) in [7, 11) is 0. The zero-order valence-corrected chi connectivity index (χ0v) is 14.3. The number of benzene rings is 1.